The molecule has 3 aromatic rings. The van der Waals surface area contributed by atoms with Gasteiger partial charge in [-0.15, -0.1) is 0 Å². The summed E-state index contributed by atoms with van der Waals surface area (Å²) in [5, 5.41) is 12.5. The molecule has 29 heavy (non-hydrogen) atoms. The van der Waals surface area contributed by atoms with Gasteiger partial charge in [0.1, 0.15) is 17.4 Å². The summed E-state index contributed by atoms with van der Waals surface area (Å²) < 4.78 is 27.9. The molecule has 4 nitrogen and oxygen atoms in total. The first-order chi connectivity index (χ1) is 13.9. The predicted octanol–water partition coefficient (Wildman–Crippen LogP) is 4.96. The Bertz CT molecular complexity index is 1010. The standard InChI is InChI=1S/C22H19ClF2N2O2/c23-22-16(7-5-11-20(22)28)13-27(12-15-6-1-2-8-17(15)24)14-21(29)26-19-10-4-3-9-18(19)25/h1-11,28H,12-14H2,(H,26,29). The van der Waals surface area contributed by atoms with Gasteiger partial charge in [0.2, 0.25) is 5.91 Å². The third-order valence-electron chi connectivity index (χ3n) is 4.32. The second-order valence-corrected chi connectivity index (χ2v) is 6.89. The normalized spacial score (nSPS) is 10.9. The van der Waals surface area contributed by atoms with Gasteiger partial charge < -0.3 is 10.4 Å². The number of hydrogen-bond donors (Lipinski definition) is 2. The monoisotopic (exact) mass is 416 g/mol. The maximum absolute atomic E-state index is 14.1. The van der Waals surface area contributed by atoms with Gasteiger partial charge in [0.25, 0.3) is 0 Å². The van der Waals surface area contributed by atoms with Crippen LogP contribution in [0.25, 0.3) is 0 Å². The molecule has 0 radical (unpaired) electrons. The van der Waals surface area contributed by atoms with Crippen LogP contribution in [-0.4, -0.2) is 22.5 Å². The summed E-state index contributed by atoms with van der Waals surface area (Å²) in [4.78, 5) is 14.2. The van der Waals surface area contributed by atoms with E-state index in [9.17, 15) is 18.7 Å². The molecule has 0 saturated carbocycles. The van der Waals surface area contributed by atoms with Crippen LogP contribution in [0, 0.1) is 11.6 Å². The van der Waals surface area contributed by atoms with Crippen molar-refractivity contribution in [3.8, 4) is 5.75 Å². The van der Waals surface area contributed by atoms with Crippen LogP contribution in [0.4, 0.5) is 14.5 Å². The molecular formula is C22H19ClF2N2O2. The van der Waals surface area contributed by atoms with Crippen LogP contribution in [0.2, 0.25) is 5.02 Å². The fraction of sp³-hybridized carbons (Fsp3) is 0.136. The number of benzene rings is 3. The number of nitrogens with one attached hydrogen (secondary N) is 1. The van der Waals surface area contributed by atoms with Crippen LogP contribution in [0.3, 0.4) is 0 Å². The van der Waals surface area contributed by atoms with E-state index in [4.69, 9.17) is 11.6 Å². The van der Waals surface area contributed by atoms with Crippen molar-refractivity contribution in [2.24, 2.45) is 0 Å². The second kappa shape index (κ2) is 9.49. The average molecular weight is 417 g/mol. The maximum Gasteiger partial charge on any atom is 0.238 e. The topological polar surface area (TPSA) is 52.6 Å². The van der Waals surface area contributed by atoms with Crippen LogP contribution < -0.4 is 5.32 Å². The number of halogens is 3. The first-order valence-electron chi connectivity index (χ1n) is 8.90. The van der Waals surface area contributed by atoms with Crippen molar-refractivity contribution in [2.75, 3.05) is 11.9 Å². The number of anilines is 1. The van der Waals surface area contributed by atoms with Gasteiger partial charge in [-0.25, -0.2) is 8.78 Å². The van der Waals surface area contributed by atoms with E-state index in [1.54, 1.807) is 41.3 Å². The molecule has 1 amide bonds. The van der Waals surface area contributed by atoms with Crippen LogP contribution in [0.1, 0.15) is 11.1 Å². The molecule has 3 rings (SSSR count). The van der Waals surface area contributed by atoms with E-state index in [2.05, 4.69) is 5.32 Å². The molecule has 0 unspecified atom stereocenters. The minimum Gasteiger partial charge on any atom is -0.506 e. The minimum atomic E-state index is -0.544. The summed E-state index contributed by atoms with van der Waals surface area (Å²) in [6, 6.07) is 16.9. The van der Waals surface area contributed by atoms with Crippen LogP contribution in [0.15, 0.2) is 66.7 Å². The number of phenols is 1. The van der Waals surface area contributed by atoms with Crippen LogP contribution in [0.5, 0.6) is 5.75 Å². The molecule has 0 atom stereocenters. The first kappa shape index (κ1) is 20.8. The summed E-state index contributed by atoms with van der Waals surface area (Å²) in [7, 11) is 0. The largest absolute Gasteiger partial charge is 0.506 e. The Balaban J connectivity index is 1.80. The predicted molar refractivity (Wildman–Crippen MR) is 109 cm³/mol. The molecule has 150 valence electrons. The van der Waals surface area contributed by atoms with Crippen molar-refractivity contribution < 1.29 is 18.7 Å². The fourth-order valence-electron chi connectivity index (χ4n) is 2.92. The number of hydrogen-bond acceptors (Lipinski definition) is 3. The molecule has 0 aliphatic heterocycles. The van der Waals surface area contributed by atoms with Gasteiger partial charge in [-0.1, -0.05) is 54.1 Å². The van der Waals surface area contributed by atoms with Crippen molar-refractivity contribution in [2.45, 2.75) is 13.1 Å². The highest BCUT2D eigenvalue weighted by Gasteiger charge is 2.17. The molecule has 7 heteroatoms. The number of amides is 1. The molecule has 0 bridgehead atoms. The zero-order chi connectivity index (χ0) is 20.8. The average Bonchev–Trinajstić information content (AvgIpc) is 2.69. The van der Waals surface area contributed by atoms with Gasteiger partial charge in [0.05, 0.1) is 17.3 Å². The smallest absolute Gasteiger partial charge is 0.238 e. The Hall–Kier alpha value is -2.96. The number of phenolic OH excluding ortho intramolecular Hbond substituents is 1. The zero-order valence-corrected chi connectivity index (χ0v) is 16.2. The second-order valence-electron chi connectivity index (χ2n) is 6.51. The fourth-order valence-corrected chi connectivity index (χ4v) is 3.11. The Labute approximate surface area is 172 Å². The molecule has 0 aromatic heterocycles. The SMILES string of the molecule is O=C(CN(Cc1ccccc1F)Cc1cccc(O)c1Cl)Nc1ccccc1F. The summed E-state index contributed by atoms with van der Waals surface area (Å²) >= 11 is 6.16. The lowest BCUT2D eigenvalue weighted by molar-refractivity contribution is -0.117. The van der Waals surface area contributed by atoms with Crippen molar-refractivity contribution in [3.63, 3.8) is 0 Å². The lowest BCUT2D eigenvalue weighted by atomic mass is 10.1. The molecule has 0 spiro atoms. The van der Waals surface area contributed by atoms with E-state index in [-0.39, 0.29) is 36.1 Å². The van der Waals surface area contributed by atoms with E-state index in [1.807, 2.05) is 0 Å². The molecule has 0 fully saturated rings. The molecule has 3 aromatic carbocycles. The quantitative estimate of drug-likeness (QED) is 0.572. The van der Waals surface area contributed by atoms with Gasteiger partial charge in [0, 0.05) is 18.7 Å². The number of carbonyl (C=O) groups is 1. The molecule has 2 N–H and O–H groups in total. The number of para-hydroxylation sites is 1. The van der Waals surface area contributed by atoms with Gasteiger partial charge >= 0.3 is 0 Å². The highest BCUT2D eigenvalue weighted by Crippen LogP contribution is 2.28. The Morgan fingerprint density at radius 1 is 0.897 bits per heavy atom. The Morgan fingerprint density at radius 3 is 2.24 bits per heavy atom. The number of aromatic hydroxyl groups is 1. The van der Waals surface area contributed by atoms with E-state index in [0.717, 1.165) is 0 Å². The van der Waals surface area contributed by atoms with Crippen molar-refractivity contribution in [3.05, 3.63) is 94.5 Å². The van der Waals surface area contributed by atoms with Gasteiger partial charge in [0.15, 0.2) is 0 Å². The Morgan fingerprint density at radius 2 is 1.52 bits per heavy atom. The van der Waals surface area contributed by atoms with Crippen molar-refractivity contribution in [1.82, 2.24) is 4.90 Å². The van der Waals surface area contributed by atoms with Crippen molar-refractivity contribution >= 4 is 23.2 Å². The molecule has 0 heterocycles. The first-order valence-corrected chi connectivity index (χ1v) is 9.28. The van der Waals surface area contributed by atoms with E-state index < -0.39 is 17.5 Å². The molecule has 0 aliphatic carbocycles. The molecule has 0 saturated heterocycles. The van der Waals surface area contributed by atoms with E-state index in [0.29, 0.717) is 11.1 Å². The summed E-state index contributed by atoms with van der Waals surface area (Å²) in [6.07, 6.45) is 0. The Kier molecular flexibility index (Phi) is 6.80. The number of carbonyl (C=O) groups excluding carboxylic acids is 1. The van der Waals surface area contributed by atoms with E-state index in [1.165, 1.54) is 30.3 Å². The number of rotatable bonds is 7. The van der Waals surface area contributed by atoms with E-state index >= 15 is 0 Å². The zero-order valence-electron chi connectivity index (χ0n) is 15.4. The third kappa shape index (κ3) is 5.53. The van der Waals surface area contributed by atoms with Gasteiger partial charge in [-0.3, -0.25) is 9.69 Å². The van der Waals surface area contributed by atoms with Crippen molar-refractivity contribution in [1.29, 1.82) is 0 Å². The summed E-state index contributed by atoms with van der Waals surface area (Å²) in [5.41, 5.74) is 1.06. The number of nitrogens with zero attached hydrogens (tertiary/aromatic N) is 1. The molecule has 0 aliphatic rings. The third-order valence-corrected chi connectivity index (χ3v) is 4.76. The molecular weight excluding hydrogens is 398 g/mol. The lowest BCUT2D eigenvalue weighted by Gasteiger charge is -2.23. The minimum absolute atomic E-state index is 0.0683. The summed E-state index contributed by atoms with van der Waals surface area (Å²) in [5.74, 6) is -1.47. The van der Waals surface area contributed by atoms with Gasteiger partial charge in [-0.05, 0) is 29.8 Å². The lowest BCUT2D eigenvalue weighted by Crippen LogP contribution is -2.33. The van der Waals surface area contributed by atoms with Crippen LogP contribution in [-0.2, 0) is 17.9 Å². The highest BCUT2D eigenvalue weighted by atomic mass is 35.5. The summed E-state index contributed by atoms with van der Waals surface area (Å²) in [6.45, 7) is 0.185. The maximum atomic E-state index is 14.1. The van der Waals surface area contributed by atoms with Crippen LogP contribution >= 0.6 is 11.6 Å². The van der Waals surface area contributed by atoms with Gasteiger partial charge in [-0.2, -0.15) is 0 Å². The highest BCUT2D eigenvalue weighted by molar-refractivity contribution is 6.32.